The largest absolute Gasteiger partial charge is 0.238 e. The molecular weight excluding hydrogens is 325 g/mol. The van der Waals surface area contributed by atoms with Crippen molar-refractivity contribution < 1.29 is 0 Å². The van der Waals surface area contributed by atoms with Gasteiger partial charge in [0.2, 0.25) is 0 Å². The van der Waals surface area contributed by atoms with E-state index in [0.717, 1.165) is 0 Å². The molecule has 0 saturated carbocycles. The first-order chi connectivity index (χ1) is 13.4. The number of hydrogen-bond acceptors (Lipinski definition) is 0. The maximum atomic E-state index is 7.29. The van der Waals surface area contributed by atoms with E-state index in [-0.39, 0.29) is 0 Å². The topological polar surface area (TPSA) is 4.36 Å². The summed E-state index contributed by atoms with van der Waals surface area (Å²) in [6, 6.07) is 40.1. The highest BCUT2D eigenvalue weighted by atomic mass is 14.6. The zero-order valence-corrected chi connectivity index (χ0v) is 15.0. The second-order valence-corrected chi connectivity index (χ2v) is 6.80. The smallest absolute Gasteiger partial charge is 0.187 e. The van der Waals surface area contributed by atoms with Crippen molar-refractivity contribution in [2.75, 3.05) is 0 Å². The van der Waals surface area contributed by atoms with E-state index in [9.17, 15) is 0 Å². The first-order valence-electron chi connectivity index (χ1n) is 9.16. The summed E-state index contributed by atoms with van der Waals surface area (Å²) in [5.41, 5.74) is 5.69. The fourth-order valence-electron chi connectivity index (χ4n) is 4.22. The molecule has 27 heavy (non-hydrogen) atoms. The van der Waals surface area contributed by atoms with Crippen LogP contribution in [0.15, 0.2) is 115 Å². The molecule has 0 saturated heterocycles. The minimum absolute atomic E-state index is 0.664. The molecule has 0 aromatic heterocycles. The second kappa shape index (κ2) is 7.36. The van der Waals surface area contributed by atoms with E-state index in [4.69, 9.17) is 6.57 Å². The Morgan fingerprint density at radius 3 is 1.11 bits per heavy atom. The van der Waals surface area contributed by atoms with Crippen molar-refractivity contribution in [3.63, 3.8) is 0 Å². The minimum atomic E-state index is -1.34. The molecule has 0 bridgehead atoms. The molecular formula is C25H19BN-. The van der Waals surface area contributed by atoms with Gasteiger partial charge in [-0.3, -0.25) is 0 Å². The quantitative estimate of drug-likeness (QED) is 0.394. The van der Waals surface area contributed by atoms with Crippen LogP contribution in [0.5, 0.6) is 0 Å². The molecule has 0 aliphatic carbocycles. The van der Waals surface area contributed by atoms with Crippen LogP contribution in [0.1, 0.15) is 0 Å². The number of rotatable bonds is 4. The fourth-order valence-corrected chi connectivity index (χ4v) is 4.22. The summed E-state index contributed by atoms with van der Waals surface area (Å²) in [6.45, 7) is 7.29. The Balaban J connectivity index is 2.11. The molecule has 0 aliphatic heterocycles. The van der Waals surface area contributed by atoms with E-state index >= 15 is 0 Å². The van der Waals surface area contributed by atoms with Gasteiger partial charge in [-0.15, -0.1) is 12.1 Å². The molecule has 128 valence electrons. The molecule has 2 heteroatoms. The highest BCUT2D eigenvalue weighted by Crippen LogP contribution is 2.13. The molecule has 4 rings (SSSR count). The van der Waals surface area contributed by atoms with Crippen molar-refractivity contribution in [3.05, 3.63) is 127 Å². The van der Waals surface area contributed by atoms with Gasteiger partial charge in [0.1, 0.15) is 6.15 Å². The molecule has 4 aromatic rings. The Bertz CT molecular complexity index is 953. The molecule has 0 aliphatic rings. The van der Waals surface area contributed by atoms with Crippen LogP contribution in [-0.4, -0.2) is 6.15 Å². The minimum Gasteiger partial charge on any atom is -0.238 e. The van der Waals surface area contributed by atoms with E-state index < -0.39 is 6.15 Å². The van der Waals surface area contributed by atoms with Crippen molar-refractivity contribution in [2.45, 2.75) is 0 Å². The SMILES string of the molecule is [C-]#[N+]c1ccc([B-](c2ccccc2)(c2ccccc2)c2ccccc2)cc1. The van der Waals surface area contributed by atoms with E-state index in [0.29, 0.717) is 5.69 Å². The van der Waals surface area contributed by atoms with Crippen molar-refractivity contribution in [1.29, 1.82) is 0 Å². The Kier molecular flexibility index (Phi) is 4.60. The molecule has 0 radical (unpaired) electrons. The van der Waals surface area contributed by atoms with Crippen LogP contribution in [0.4, 0.5) is 5.69 Å². The van der Waals surface area contributed by atoms with Gasteiger partial charge in [-0.1, -0.05) is 103 Å². The summed E-state index contributed by atoms with van der Waals surface area (Å²) >= 11 is 0. The summed E-state index contributed by atoms with van der Waals surface area (Å²) < 4.78 is 0. The van der Waals surface area contributed by atoms with Gasteiger partial charge in [0.25, 0.3) is 0 Å². The van der Waals surface area contributed by atoms with Crippen LogP contribution in [-0.2, 0) is 0 Å². The Hall–Kier alpha value is -3.57. The molecule has 1 nitrogen and oxygen atoms in total. The molecule has 0 amide bonds. The third-order valence-electron chi connectivity index (χ3n) is 5.42. The molecule has 0 atom stereocenters. The number of benzene rings is 4. The van der Waals surface area contributed by atoms with Gasteiger partial charge in [-0.2, -0.15) is 21.9 Å². The van der Waals surface area contributed by atoms with Crippen LogP contribution in [0, 0.1) is 6.57 Å². The van der Waals surface area contributed by atoms with Gasteiger partial charge in [0.05, 0.1) is 6.57 Å². The summed E-state index contributed by atoms with van der Waals surface area (Å²) in [4.78, 5) is 3.57. The van der Waals surface area contributed by atoms with Crippen LogP contribution < -0.4 is 21.9 Å². The van der Waals surface area contributed by atoms with Crippen molar-refractivity contribution >= 4 is 33.7 Å². The van der Waals surface area contributed by atoms with Gasteiger partial charge in [0, 0.05) is 0 Å². The molecule has 4 aromatic carbocycles. The number of nitrogens with zero attached hydrogens (tertiary/aromatic N) is 1. The maximum absolute atomic E-state index is 7.29. The summed E-state index contributed by atoms with van der Waals surface area (Å²) in [7, 11) is 0. The number of hydrogen-bond donors (Lipinski definition) is 0. The third kappa shape index (κ3) is 2.94. The standard InChI is InChI=1S/C25H19BN/c1-27-25-19-17-24(18-20-25)26(21-11-5-2-6-12-21,22-13-7-3-8-14-22)23-15-9-4-10-16-23/h2-20H/q-1. The average Bonchev–Trinajstić information content (AvgIpc) is 2.77. The van der Waals surface area contributed by atoms with E-state index in [1.165, 1.54) is 21.9 Å². The highest BCUT2D eigenvalue weighted by molar-refractivity contribution is 7.19. The Morgan fingerprint density at radius 2 is 0.778 bits per heavy atom. The zero-order chi connectivity index (χ0) is 18.5. The summed E-state index contributed by atoms with van der Waals surface area (Å²) in [6.07, 6.45) is -1.34. The normalized spacial score (nSPS) is 10.9. The second-order valence-electron chi connectivity index (χ2n) is 6.80. The Morgan fingerprint density at radius 1 is 0.444 bits per heavy atom. The molecule has 0 unspecified atom stereocenters. The lowest BCUT2D eigenvalue weighted by molar-refractivity contribution is 1.66. The third-order valence-corrected chi connectivity index (χ3v) is 5.42. The first kappa shape index (κ1) is 16.9. The summed E-state index contributed by atoms with van der Waals surface area (Å²) in [5, 5.41) is 0. The fraction of sp³-hybridized carbons (Fsp3) is 0. The average molecular weight is 344 g/mol. The molecule has 0 fully saturated rings. The van der Waals surface area contributed by atoms with E-state index in [2.05, 4.69) is 108 Å². The predicted molar refractivity (Wildman–Crippen MR) is 116 cm³/mol. The van der Waals surface area contributed by atoms with Crippen LogP contribution in [0.2, 0.25) is 0 Å². The van der Waals surface area contributed by atoms with Crippen molar-refractivity contribution in [3.8, 4) is 0 Å². The van der Waals surface area contributed by atoms with Gasteiger partial charge in [-0.25, -0.2) is 4.85 Å². The summed E-state index contributed by atoms with van der Waals surface area (Å²) in [5.74, 6) is 0. The van der Waals surface area contributed by atoms with Gasteiger partial charge >= 0.3 is 0 Å². The first-order valence-corrected chi connectivity index (χ1v) is 9.16. The van der Waals surface area contributed by atoms with Crippen LogP contribution in [0.3, 0.4) is 0 Å². The molecule has 0 N–H and O–H groups in total. The van der Waals surface area contributed by atoms with Crippen LogP contribution in [0.25, 0.3) is 4.85 Å². The lowest BCUT2D eigenvalue weighted by atomic mass is 9.13. The van der Waals surface area contributed by atoms with Crippen molar-refractivity contribution in [1.82, 2.24) is 0 Å². The van der Waals surface area contributed by atoms with Gasteiger partial charge in [-0.05, 0) is 0 Å². The monoisotopic (exact) mass is 344 g/mol. The lowest BCUT2D eigenvalue weighted by Gasteiger charge is -2.44. The van der Waals surface area contributed by atoms with Gasteiger partial charge < -0.3 is 0 Å². The maximum Gasteiger partial charge on any atom is 0.187 e. The van der Waals surface area contributed by atoms with Gasteiger partial charge in [0.15, 0.2) is 5.69 Å². The van der Waals surface area contributed by atoms with E-state index in [1.807, 2.05) is 12.1 Å². The van der Waals surface area contributed by atoms with E-state index in [1.54, 1.807) is 0 Å². The lowest BCUT2D eigenvalue weighted by Crippen LogP contribution is -2.74. The molecule has 0 heterocycles. The zero-order valence-electron chi connectivity index (χ0n) is 15.0. The van der Waals surface area contributed by atoms with Crippen molar-refractivity contribution in [2.24, 2.45) is 0 Å². The predicted octanol–water partition coefficient (Wildman–Crippen LogP) is 3.61. The highest BCUT2D eigenvalue weighted by Gasteiger charge is 2.31. The van der Waals surface area contributed by atoms with Crippen LogP contribution >= 0.6 is 0 Å². The Labute approximate surface area is 160 Å². The molecule has 0 spiro atoms.